The summed E-state index contributed by atoms with van der Waals surface area (Å²) >= 11 is 0. The number of nitrogens with one attached hydrogen (secondary N) is 1. The number of alkyl halides is 2. The molecule has 0 aromatic rings. The molecular formula is C20H37F2N3O3. The molecule has 1 unspecified atom stereocenters. The second kappa shape index (κ2) is 9.32. The molecule has 8 heteroatoms. The highest BCUT2D eigenvalue weighted by atomic mass is 19.3. The molecule has 0 bridgehead atoms. The third-order valence-electron chi connectivity index (χ3n) is 6.21. The fourth-order valence-corrected chi connectivity index (χ4v) is 4.66. The highest BCUT2D eigenvalue weighted by Gasteiger charge is 2.47. The number of hydrogen-bond acceptors (Lipinski definition) is 5. The molecule has 1 aliphatic heterocycles. The zero-order valence-corrected chi connectivity index (χ0v) is 17.9. The first kappa shape index (κ1) is 23.4. The van der Waals surface area contributed by atoms with E-state index >= 15 is 0 Å². The summed E-state index contributed by atoms with van der Waals surface area (Å²) in [5.74, 6) is -2.64. The van der Waals surface area contributed by atoms with E-state index in [1.54, 1.807) is 7.11 Å². The van der Waals surface area contributed by atoms with Crippen molar-refractivity contribution in [1.82, 2.24) is 15.1 Å². The van der Waals surface area contributed by atoms with Crippen LogP contribution in [-0.2, 0) is 9.53 Å². The van der Waals surface area contributed by atoms with Crippen LogP contribution in [0.15, 0.2) is 0 Å². The predicted molar refractivity (Wildman–Crippen MR) is 104 cm³/mol. The van der Waals surface area contributed by atoms with Crippen molar-refractivity contribution in [2.75, 3.05) is 33.9 Å². The van der Waals surface area contributed by atoms with Gasteiger partial charge in [0.25, 0.3) is 0 Å². The first-order chi connectivity index (χ1) is 13.0. The van der Waals surface area contributed by atoms with Crippen molar-refractivity contribution < 1.29 is 23.4 Å². The molecule has 1 amide bonds. The van der Waals surface area contributed by atoms with Crippen molar-refractivity contribution in [3.8, 4) is 0 Å². The standard InChI is InChI=1S/C20H37F2N3O3/c1-6-23-17(26)16-11-15(12-24(16)4)25(18(27)19(2,3)13-28-5)14-7-9-20(21,22)10-8-14/h14-16,18,27H,6-13H2,1-5H3,(H,23,26)/t15-,16-,18?/m0/s1. The summed E-state index contributed by atoms with van der Waals surface area (Å²) in [6.45, 7) is 7.27. The van der Waals surface area contributed by atoms with Gasteiger partial charge in [-0.15, -0.1) is 0 Å². The Morgan fingerprint density at radius 1 is 1.36 bits per heavy atom. The van der Waals surface area contributed by atoms with E-state index in [-0.39, 0.29) is 36.9 Å². The van der Waals surface area contributed by atoms with Crippen LogP contribution in [0.3, 0.4) is 0 Å². The molecule has 2 N–H and O–H groups in total. The largest absolute Gasteiger partial charge is 0.384 e. The number of carbonyl (C=O) groups is 1. The maximum Gasteiger partial charge on any atom is 0.248 e. The summed E-state index contributed by atoms with van der Waals surface area (Å²) in [5.41, 5.74) is -0.558. The number of rotatable bonds is 8. The van der Waals surface area contributed by atoms with Gasteiger partial charge in [-0.25, -0.2) is 8.78 Å². The Bertz CT molecular complexity index is 523. The molecule has 0 aromatic carbocycles. The number of nitrogens with zero attached hydrogens (tertiary/aromatic N) is 2. The zero-order chi connectivity index (χ0) is 21.1. The van der Waals surface area contributed by atoms with Crippen LogP contribution < -0.4 is 5.32 Å². The number of methoxy groups -OCH3 is 1. The van der Waals surface area contributed by atoms with Crippen molar-refractivity contribution in [3.05, 3.63) is 0 Å². The fourth-order valence-electron chi connectivity index (χ4n) is 4.66. The minimum Gasteiger partial charge on any atom is -0.384 e. The normalized spacial score (nSPS) is 27.9. The third kappa shape index (κ3) is 5.40. The molecule has 0 radical (unpaired) electrons. The Morgan fingerprint density at radius 3 is 2.50 bits per heavy atom. The summed E-state index contributed by atoms with van der Waals surface area (Å²) in [5, 5.41) is 14.1. The first-order valence-corrected chi connectivity index (χ1v) is 10.3. The number of hydrogen-bond donors (Lipinski definition) is 2. The van der Waals surface area contributed by atoms with Crippen molar-refractivity contribution in [1.29, 1.82) is 0 Å². The van der Waals surface area contributed by atoms with E-state index in [2.05, 4.69) is 5.32 Å². The second-order valence-corrected chi connectivity index (χ2v) is 9.07. The van der Waals surface area contributed by atoms with Crippen LogP contribution in [0.25, 0.3) is 0 Å². The highest BCUT2D eigenvalue weighted by molar-refractivity contribution is 5.82. The average molecular weight is 406 g/mol. The van der Waals surface area contributed by atoms with Crippen LogP contribution in [0.4, 0.5) is 8.78 Å². The molecule has 3 atom stereocenters. The van der Waals surface area contributed by atoms with Crippen molar-refractivity contribution >= 4 is 5.91 Å². The SMILES string of the molecule is CCNC(=O)[C@@H]1C[C@H](N(C2CCC(F)(F)CC2)C(O)C(C)(C)COC)CN1C. The third-order valence-corrected chi connectivity index (χ3v) is 6.21. The van der Waals surface area contributed by atoms with Crippen LogP contribution in [-0.4, -0.2) is 84.9 Å². The van der Waals surface area contributed by atoms with Gasteiger partial charge in [0.15, 0.2) is 0 Å². The summed E-state index contributed by atoms with van der Waals surface area (Å²) in [4.78, 5) is 16.4. The number of likely N-dealkylation sites (tertiary alicyclic amines) is 1. The van der Waals surface area contributed by atoms with Crippen LogP contribution in [0, 0.1) is 5.41 Å². The van der Waals surface area contributed by atoms with Gasteiger partial charge in [0.2, 0.25) is 11.8 Å². The van der Waals surface area contributed by atoms with Gasteiger partial charge < -0.3 is 15.2 Å². The molecule has 0 spiro atoms. The van der Waals surface area contributed by atoms with E-state index < -0.39 is 17.6 Å². The Kier molecular flexibility index (Phi) is 7.81. The lowest BCUT2D eigenvalue weighted by atomic mass is 9.85. The summed E-state index contributed by atoms with van der Waals surface area (Å²) in [7, 11) is 3.49. The molecule has 2 rings (SSSR count). The van der Waals surface area contributed by atoms with E-state index in [4.69, 9.17) is 4.74 Å². The van der Waals surface area contributed by atoms with E-state index in [0.29, 0.717) is 39.0 Å². The first-order valence-electron chi connectivity index (χ1n) is 10.3. The maximum absolute atomic E-state index is 13.7. The molecule has 2 aliphatic rings. The van der Waals surface area contributed by atoms with Gasteiger partial charge in [0.05, 0.1) is 12.6 Å². The molecule has 1 saturated carbocycles. The second-order valence-electron chi connectivity index (χ2n) is 9.07. The minimum atomic E-state index is -2.62. The van der Waals surface area contributed by atoms with Crippen molar-refractivity contribution in [2.24, 2.45) is 5.41 Å². The fraction of sp³-hybridized carbons (Fsp3) is 0.950. The van der Waals surface area contributed by atoms with Crippen LogP contribution >= 0.6 is 0 Å². The van der Waals surface area contributed by atoms with E-state index in [1.165, 1.54) is 0 Å². The number of carbonyl (C=O) groups excluding carboxylic acids is 1. The lowest BCUT2D eigenvalue weighted by molar-refractivity contribution is -0.151. The summed E-state index contributed by atoms with van der Waals surface area (Å²) in [6, 6.07) is -0.465. The predicted octanol–water partition coefficient (Wildman–Crippen LogP) is 2.07. The Morgan fingerprint density at radius 2 is 1.96 bits per heavy atom. The minimum absolute atomic E-state index is 0.0201. The number of amides is 1. The van der Waals surface area contributed by atoms with Crippen LogP contribution in [0.1, 0.15) is 52.9 Å². The Hall–Kier alpha value is -0.830. The van der Waals surface area contributed by atoms with Gasteiger partial charge in [-0.3, -0.25) is 14.6 Å². The van der Waals surface area contributed by atoms with Crippen molar-refractivity contribution in [2.45, 2.75) is 83.2 Å². The van der Waals surface area contributed by atoms with E-state index in [0.717, 1.165) is 0 Å². The topological polar surface area (TPSA) is 65.0 Å². The van der Waals surface area contributed by atoms with Crippen molar-refractivity contribution in [3.63, 3.8) is 0 Å². The summed E-state index contributed by atoms with van der Waals surface area (Å²) in [6.07, 6.45) is 0.116. The van der Waals surface area contributed by atoms with E-state index in [9.17, 15) is 18.7 Å². The number of likely N-dealkylation sites (N-methyl/N-ethyl adjacent to an activating group) is 2. The van der Waals surface area contributed by atoms with Gasteiger partial charge >= 0.3 is 0 Å². The molecule has 164 valence electrons. The van der Waals surface area contributed by atoms with Gasteiger partial charge in [-0.05, 0) is 33.2 Å². The molecular weight excluding hydrogens is 368 g/mol. The smallest absolute Gasteiger partial charge is 0.248 e. The number of halogens is 2. The van der Waals surface area contributed by atoms with Crippen LogP contribution in [0.2, 0.25) is 0 Å². The summed E-state index contributed by atoms with van der Waals surface area (Å²) < 4.78 is 32.7. The number of ether oxygens (including phenoxy) is 1. The number of aliphatic hydroxyl groups is 1. The molecule has 6 nitrogen and oxygen atoms in total. The zero-order valence-electron chi connectivity index (χ0n) is 17.9. The molecule has 28 heavy (non-hydrogen) atoms. The van der Waals surface area contributed by atoms with Gasteiger partial charge in [0.1, 0.15) is 6.23 Å². The van der Waals surface area contributed by atoms with Gasteiger partial charge in [-0.2, -0.15) is 0 Å². The Labute approximate surface area is 167 Å². The molecule has 1 aliphatic carbocycles. The van der Waals surface area contributed by atoms with Gasteiger partial charge in [-0.1, -0.05) is 13.8 Å². The monoisotopic (exact) mass is 405 g/mol. The maximum atomic E-state index is 13.7. The van der Waals surface area contributed by atoms with Crippen LogP contribution in [0.5, 0.6) is 0 Å². The molecule has 0 aromatic heterocycles. The quantitative estimate of drug-likeness (QED) is 0.606. The lowest BCUT2D eigenvalue weighted by Gasteiger charge is -2.47. The average Bonchev–Trinajstić information content (AvgIpc) is 2.98. The number of aliphatic hydroxyl groups excluding tert-OH is 1. The van der Waals surface area contributed by atoms with E-state index in [1.807, 2.05) is 37.6 Å². The lowest BCUT2D eigenvalue weighted by Crippen LogP contribution is -2.57. The highest BCUT2D eigenvalue weighted by Crippen LogP contribution is 2.40. The van der Waals surface area contributed by atoms with Gasteiger partial charge in [0, 0.05) is 50.5 Å². The molecule has 2 fully saturated rings. The Balaban J connectivity index is 2.22. The molecule has 1 heterocycles. The molecule has 1 saturated heterocycles.